The van der Waals surface area contributed by atoms with Gasteiger partial charge in [-0.3, -0.25) is 10.1 Å². The highest BCUT2D eigenvalue weighted by Gasteiger charge is 2.11. The molecule has 1 aromatic rings. The van der Waals surface area contributed by atoms with Gasteiger partial charge in [0.25, 0.3) is 5.69 Å². The van der Waals surface area contributed by atoms with Crippen LogP contribution in [0.5, 0.6) is 5.75 Å². The first kappa shape index (κ1) is 12.1. The molecular weight excluding hydrogens is 215 g/mol. The molecule has 6 heteroatoms. The van der Waals surface area contributed by atoms with Crippen molar-refractivity contribution in [2.45, 2.75) is 0 Å². The van der Waals surface area contributed by atoms with E-state index >= 15 is 0 Å². The summed E-state index contributed by atoms with van der Waals surface area (Å²) in [6.07, 6.45) is 0. The van der Waals surface area contributed by atoms with Crippen LogP contribution in [0.25, 0.3) is 0 Å². The number of ether oxygens (including phenoxy) is 1. The van der Waals surface area contributed by atoms with Crippen molar-refractivity contribution in [1.29, 1.82) is 0 Å². The Balaban J connectivity index is 2.75. The lowest BCUT2D eigenvalue weighted by atomic mass is 10.3. The van der Waals surface area contributed by atoms with Gasteiger partial charge in [-0.2, -0.15) is 0 Å². The van der Waals surface area contributed by atoms with Crippen molar-refractivity contribution in [3.63, 3.8) is 0 Å². The molecule has 0 aliphatic heterocycles. The molecule has 5 nitrogen and oxygen atoms in total. The normalized spacial score (nSPS) is 9.88. The van der Waals surface area contributed by atoms with E-state index in [0.717, 1.165) is 6.07 Å². The van der Waals surface area contributed by atoms with Crippen molar-refractivity contribution in [3.05, 3.63) is 46.3 Å². The third kappa shape index (κ3) is 3.03. The lowest BCUT2D eigenvalue weighted by molar-refractivity contribution is -0.385. The number of benzene rings is 1. The third-order valence-electron chi connectivity index (χ3n) is 1.85. The molecule has 0 aliphatic rings. The molecule has 0 heterocycles. The van der Waals surface area contributed by atoms with Crippen LogP contribution in [0.4, 0.5) is 10.1 Å². The standard InChI is InChI=1S/C10H11FN2O3/c1-7(5-12)6-16-10-3-2-8(13(14)15)4-9(10)11/h2-4H,1,5-6,12H2. The Bertz CT molecular complexity index is 421. The molecule has 0 atom stereocenters. The molecule has 0 fully saturated rings. The number of nitrogens with zero attached hydrogens (tertiary/aromatic N) is 1. The summed E-state index contributed by atoms with van der Waals surface area (Å²) in [4.78, 5) is 9.67. The van der Waals surface area contributed by atoms with Gasteiger partial charge in [0.1, 0.15) is 6.61 Å². The van der Waals surface area contributed by atoms with E-state index in [1.54, 1.807) is 0 Å². The largest absolute Gasteiger partial charge is 0.486 e. The minimum absolute atomic E-state index is 0.0554. The number of nitro groups is 1. The molecule has 86 valence electrons. The first-order valence-electron chi connectivity index (χ1n) is 4.48. The highest BCUT2D eigenvalue weighted by atomic mass is 19.1. The molecule has 0 spiro atoms. The molecule has 2 N–H and O–H groups in total. The molecule has 0 aliphatic carbocycles. The number of hydrogen-bond donors (Lipinski definition) is 1. The van der Waals surface area contributed by atoms with Gasteiger partial charge >= 0.3 is 0 Å². The van der Waals surface area contributed by atoms with Crippen molar-refractivity contribution in [3.8, 4) is 5.75 Å². The van der Waals surface area contributed by atoms with Crippen LogP contribution in [0, 0.1) is 15.9 Å². The first-order valence-corrected chi connectivity index (χ1v) is 4.48. The van der Waals surface area contributed by atoms with Crippen LogP contribution in [0.2, 0.25) is 0 Å². The lowest BCUT2D eigenvalue weighted by Crippen LogP contribution is -2.10. The highest BCUT2D eigenvalue weighted by Crippen LogP contribution is 2.22. The zero-order valence-electron chi connectivity index (χ0n) is 8.48. The van der Waals surface area contributed by atoms with Gasteiger partial charge in [0.2, 0.25) is 0 Å². The summed E-state index contributed by atoms with van der Waals surface area (Å²) in [5.41, 5.74) is 5.57. The van der Waals surface area contributed by atoms with Crippen molar-refractivity contribution in [2.24, 2.45) is 5.73 Å². The van der Waals surface area contributed by atoms with E-state index < -0.39 is 10.7 Å². The Labute approximate surface area is 91.5 Å². The van der Waals surface area contributed by atoms with Gasteiger partial charge in [-0.1, -0.05) is 6.58 Å². The Morgan fingerprint density at radius 2 is 2.31 bits per heavy atom. The van der Waals surface area contributed by atoms with Crippen molar-refractivity contribution < 1.29 is 14.1 Å². The van der Waals surface area contributed by atoms with Crippen LogP contribution in [0.1, 0.15) is 0 Å². The highest BCUT2D eigenvalue weighted by molar-refractivity contribution is 5.37. The van der Waals surface area contributed by atoms with E-state index in [0.29, 0.717) is 5.57 Å². The average Bonchev–Trinajstić information content (AvgIpc) is 2.26. The van der Waals surface area contributed by atoms with Crippen LogP contribution < -0.4 is 10.5 Å². The molecule has 0 amide bonds. The van der Waals surface area contributed by atoms with Gasteiger partial charge in [0.15, 0.2) is 11.6 Å². The number of nitrogens with two attached hydrogens (primary N) is 1. The second kappa shape index (κ2) is 5.22. The Morgan fingerprint density at radius 1 is 1.62 bits per heavy atom. The maximum Gasteiger partial charge on any atom is 0.272 e. The number of non-ortho nitro benzene ring substituents is 1. The van der Waals surface area contributed by atoms with Crippen LogP contribution in [0.15, 0.2) is 30.4 Å². The smallest absolute Gasteiger partial charge is 0.272 e. The number of hydrogen-bond acceptors (Lipinski definition) is 4. The van der Waals surface area contributed by atoms with E-state index in [2.05, 4.69) is 6.58 Å². The number of rotatable bonds is 5. The molecule has 16 heavy (non-hydrogen) atoms. The van der Waals surface area contributed by atoms with E-state index in [9.17, 15) is 14.5 Å². The summed E-state index contributed by atoms with van der Waals surface area (Å²) in [7, 11) is 0. The summed E-state index contributed by atoms with van der Waals surface area (Å²) >= 11 is 0. The zero-order valence-corrected chi connectivity index (χ0v) is 8.48. The SMILES string of the molecule is C=C(CN)COc1ccc([N+](=O)[O-])cc1F. The first-order chi connectivity index (χ1) is 7.54. The summed E-state index contributed by atoms with van der Waals surface area (Å²) in [6.45, 7) is 3.92. The molecule has 0 aromatic heterocycles. The molecule has 1 aromatic carbocycles. The molecule has 0 bridgehead atoms. The second-order valence-electron chi connectivity index (χ2n) is 3.11. The van der Waals surface area contributed by atoms with E-state index in [1.807, 2.05) is 0 Å². The van der Waals surface area contributed by atoms with Crippen LogP contribution in [-0.4, -0.2) is 18.1 Å². The Kier molecular flexibility index (Phi) is 3.96. The predicted octanol–water partition coefficient (Wildman–Crippen LogP) is 1.63. The van der Waals surface area contributed by atoms with Crippen molar-refractivity contribution in [2.75, 3.05) is 13.2 Å². The lowest BCUT2D eigenvalue weighted by Gasteiger charge is -2.07. The quantitative estimate of drug-likeness (QED) is 0.470. The monoisotopic (exact) mass is 226 g/mol. The average molecular weight is 226 g/mol. The fourth-order valence-electron chi connectivity index (χ4n) is 0.959. The van der Waals surface area contributed by atoms with Crippen molar-refractivity contribution >= 4 is 5.69 Å². The fourth-order valence-corrected chi connectivity index (χ4v) is 0.959. The molecule has 0 saturated heterocycles. The van der Waals surface area contributed by atoms with Gasteiger partial charge in [0, 0.05) is 12.6 Å². The molecule has 0 saturated carbocycles. The molecular formula is C10H11FN2O3. The molecule has 0 unspecified atom stereocenters. The van der Waals surface area contributed by atoms with Crippen LogP contribution >= 0.6 is 0 Å². The summed E-state index contributed by atoms with van der Waals surface area (Å²) in [6, 6.07) is 3.18. The summed E-state index contributed by atoms with van der Waals surface area (Å²) < 4.78 is 18.3. The predicted molar refractivity (Wildman–Crippen MR) is 56.7 cm³/mol. The molecule has 1 rings (SSSR count). The third-order valence-corrected chi connectivity index (χ3v) is 1.85. The zero-order chi connectivity index (χ0) is 12.1. The maximum atomic E-state index is 13.3. The molecule has 0 radical (unpaired) electrons. The van der Waals surface area contributed by atoms with E-state index in [-0.39, 0.29) is 24.6 Å². The summed E-state index contributed by atoms with van der Waals surface area (Å²) in [5.74, 6) is -0.834. The van der Waals surface area contributed by atoms with Gasteiger partial charge in [-0.05, 0) is 11.6 Å². The Hall–Kier alpha value is -1.95. The summed E-state index contributed by atoms with van der Waals surface area (Å²) in [5, 5.41) is 10.3. The topological polar surface area (TPSA) is 78.4 Å². The number of halogens is 1. The second-order valence-corrected chi connectivity index (χ2v) is 3.11. The maximum absolute atomic E-state index is 13.3. The van der Waals surface area contributed by atoms with Crippen LogP contribution in [-0.2, 0) is 0 Å². The van der Waals surface area contributed by atoms with E-state index in [4.69, 9.17) is 10.5 Å². The fraction of sp³-hybridized carbons (Fsp3) is 0.200. The van der Waals surface area contributed by atoms with Gasteiger partial charge in [-0.25, -0.2) is 4.39 Å². The minimum atomic E-state index is -0.779. The van der Waals surface area contributed by atoms with Crippen molar-refractivity contribution in [1.82, 2.24) is 0 Å². The minimum Gasteiger partial charge on any atom is -0.486 e. The van der Waals surface area contributed by atoms with Gasteiger partial charge < -0.3 is 10.5 Å². The Morgan fingerprint density at radius 3 is 2.81 bits per heavy atom. The number of nitro benzene ring substituents is 1. The van der Waals surface area contributed by atoms with Gasteiger partial charge in [-0.15, -0.1) is 0 Å². The van der Waals surface area contributed by atoms with Crippen LogP contribution in [0.3, 0.4) is 0 Å². The van der Waals surface area contributed by atoms with Gasteiger partial charge in [0.05, 0.1) is 11.0 Å². The van der Waals surface area contributed by atoms with E-state index in [1.165, 1.54) is 12.1 Å².